The summed E-state index contributed by atoms with van der Waals surface area (Å²) in [6.45, 7) is -0.878. The molecule has 0 fully saturated rings. The zero-order valence-electron chi connectivity index (χ0n) is 12.8. The first-order chi connectivity index (χ1) is 11.5. The van der Waals surface area contributed by atoms with E-state index in [0.717, 1.165) is 16.6 Å². The van der Waals surface area contributed by atoms with Crippen molar-refractivity contribution in [2.75, 3.05) is 5.75 Å². The van der Waals surface area contributed by atoms with E-state index in [-0.39, 0.29) is 17.3 Å². The standard InChI is InChI=1S/C17H14F2N2O2S/c1-10-2-7-13-14(8-10)21-17(20-13)24-9-15(22)11-3-5-12(6-4-11)23-16(18)19/h2-8,16H,9H2,1H3,(H,20,21). The van der Waals surface area contributed by atoms with Crippen LogP contribution in [0.15, 0.2) is 47.6 Å². The third-order valence-corrected chi connectivity index (χ3v) is 4.23. The van der Waals surface area contributed by atoms with Crippen LogP contribution in [0.5, 0.6) is 5.75 Å². The molecule has 124 valence electrons. The third-order valence-electron chi connectivity index (χ3n) is 3.36. The van der Waals surface area contributed by atoms with E-state index in [9.17, 15) is 13.6 Å². The molecule has 1 aromatic heterocycles. The van der Waals surface area contributed by atoms with Gasteiger partial charge in [0.2, 0.25) is 0 Å². The third kappa shape index (κ3) is 3.91. The number of halogens is 2. The average molecular weight is 348 g/mol. The van der Waals surface area contributed by atoms with Crippen LogP contribution in [0.2, 0.25) is 0 Å². The van der Waals surface area contributed by atoms with Crippen molar-refractivity contribution in [1.82, 2.24) is 9.97 Å². The molecule has 0 atom stereocenters. The molecule has 0 aliphatic carbocycles. The van der Waals surface area contributed by atoms with E-state index in [0.29, 0.717) is 10.7 Å². The van der Waals surface area contributed by atoms with Gasteiger partial charge in [0.1, 0.15) is 5.75 Å². The summed E-state index contributed by atoms with van der Waals surface area (Å²) in [6, 6.07) is 11.6. The number of benzene rings is 2. The molecule has 24 heavy (non-hydrogen) atoms. The quantitative estimate of drug-likeness (QED) is 0.528. The molecule has 7 heteroatoms. The maximum Gasteiger partial charge on any atom is 0.387 e. The molecule has 2 aromatic carbocycles. The number of rotatable bonds is 6. The fraction of sp³-hybridized carbons (Fsp3) is 0.176. The number of carbonyl (C=O) groups is 1. The second-order valence-electron chi connectivity index (χ2n) is 5.18. The Morgan fingerprint density at radius 3 is 2.71 bits per heavy atom. The molecule has 0 aliphatic rings. The summed E-state index contributed by atoms with van der Waals surface area (Å²) in [4.78, 5) is 19.8. The Morgan fingerprint density at radius 2 is 2.00 bits per heavy atom. The van der Waals surface area contributed by atoms with E-state index in [2.05, 4.69) is 14.7 Å². The number of H-pyrrole nitrogens is 1. The molecule has 1 heterocycles. The van der Waals surface area contributed by atoms with E-state index in [1.807, 2.05) is 25.1 Å². The van der Waals surface area contributed by atoms with Gasteiger partial charge in [0.25, 0.3) is 0 Å². The summed E-state index contributed by atoms with van der Waals surface area (Å²) in [7, 11) is 0. The number of carbonyl (C=O) groups excluding carboxylic acids is 1. The molecular weight excluding hydrogens is 334 g/mol. The molecule has 1 N–H and O–H groups in total. The van der Waals surface area contributed by atoms with Gasteiger partial charge in [-0.2, -0.15) is 8.78 Å². The van der Waals surface area contributed by atoms with Crippen LogP contribution in [-0.2, 0) is 0 Å². The summed E-state index contributed by atoms with van der Waals surface area (Å²) in [6.07, 6.45) is 0. The van der Waals surface area contributed by atoms with Crippen LogP contribution in [0, 0.1) is 6.92 Å². The van der Waals surface area contributed by atoms with Gasteiger partial charge < -0.3 is 9.72 Å². The Morgan fingerprint density at radius 1 is 1.25 bits per heavy atom. The van der Waals surface area contributed by atoms with Crippen LogP contribution >= 0.6 is 11.8 Å². The van der Waals surface area contributed by atoms with Crippen LogP contribution in [0.3, 0.4) is 0 Å². The van der Waals surface area contributed by atoms with Gasteiger partial charge in [-0.05, 0) is 48.9 Å². The van der Waals surface area contributed by atoms with Gasteiger partial charge in [-0.1, -0.05) is 17.8 Å². The maximum absolute atomic E-state index is 12.2. The molecule has 0 saturated carbocycles. The summed E-state index contributed by atoms with van der Waals surface area (Å²) >= 11 is 1.30. The lowest BCUT2D eigenvalue weighted by Crippen LogP contribution is -2.04. The Bertz CT molecular complexity index is 863. The monoisotopic (exact) mass is 348 g/mol. The Labute approximate surface area is 141 Å². The van der Waals surface area contributed by atoms with Crippen molar-refractivity contribution < 1.29 is 18.3 Å². The number of ether oxygens (including phenoxy) is 1. The highest BCUT2D eigenvalue weighted by atomic mass is 32.2. The highest BCUT2D eigenvalue weighted by Crippen LogP contribution is 2.22. The number of hydrogen-bond donors (Lipinski definition) is 1. The normalized spacial score (nSPS) is 11.2. The lowest BCUT2D eigenvalue weighted by atomic mass is 10.1. The van der Waals surface area contributed by atoms with E-state index < -0.39 is 6.61 Å². The van der Waals surface area contributed by atoms with Crippen LogP contribution in [0.1, 0.15) is 15.9 Å². The molecule has 0 aliphatic heterocycles. The number of aromatic amines is 1. The van der Waals surface area contributed by atoms with Gasteiger partial charge >= 0.3 is 6.61 Å². The van der Waals surface area contributed by atoms with Crippen molar-refractivity contribution in [2.45, 2.75) is 18.7 Å². The molecule has 0 bridgehead atoms. The number of alkyl halides is 2. The topological polar surface area (TPSA) is 55.0 Å². The van der Waals surface area contributed by atoms with Gasteiger partial charge in [0.15, 0.2) is 10.9 Å². The SMILES string of the molecule is Cc1ccc2nc(SCC(=O)c3ccc(OC(F)F)cc3)[nH]c2c1. The fourth-order valence-corrected chi connectivity index (χ4v) is 2.99. The van der Waals surface area contributed by atoms with Gasteiger partial charge in [-0.15, -0.1) is 0 Å². The first kappa shape index (κ1) is 16.4. The molecule has 0 unspecified atom stereocenters. The molecule has 0 saturated heterocycles. The van der Waals surface area contributed by atoms with Gasteiger partial charge in [-0.25, -0.2) is 4.98 Å². The smallest absolute Gasteiger partial charge is 0.387 e. The molecular formula is C17H14F2N2O2S. The first-order valence-corrected chi connectivity index (χ1v) is 8.17. The second kappa shape index (κ2) is 7.00. The van der Waals surface area contributed by atoms with Crippen molar-refractivity contribution >= 4 is 28.6 Å². The largest absolute Gasteiger partial charge is 0.435 e. The van der Waals surface area contributed by atoms with Crippen molar-refractivity contribution in [3.05, 3.63) is 53.6 Å². The highest BCUT2D eigenvalue weighted by Gasteiger charge is 2.11. The predicted octanol–water partition coefficient (Wildman–Crippen LogP) is 4.45. The minimum atomic E-state index is -2.88. The van der Waals surface area contributed by atoms with Crippen LogP contribution in [0.25, 0.3) is 11.0 Å². The number of fused-ring (bicyclic) bond motifs is 1. The van der Waals surface area contributed by atoms with Gasteiger partial charge in [0.05, 0.1) is 16.8 Å². The number of nitrogens with zero attached hydrogens (tertiary/aromatic N) is 1. The van der Waals surface area contributed by atoms with Crippen LogP contribution in [0.4, 0.5) is 8.78 Å². The Hall–Kier alpha value is -2.41. The van der Waals surface area contributed by atoms with Crippen LogP contribution < -0.4 is 4.74 Å². The summed E-state index contributed by atoms with van der Waals surface area (Å²) in [5.74, 6) is 0.121. The van der Waals surface area contributed by atoms with Crippen molar-refractivity contribution in [1.29, 1.82) is 0 Å². The maximum atomic E-state index is 12.2. The van der Waals surface area contributed by atoms with E-state index in [1.54, 1.807) is 0 Å². The second-order valence-corrected chi connectivity index (χ2v) is 6.14. The zero-order chi connectivity index (χ0) is 17.1. The predicted molar refractivity (Wildman–Crippen MR) is 89.0 cm³/mol. The summed E-state index contributed by atoms with van der Waals surface area (Å²) in [5.41, 5.74) is 3.35. The zero-order valence-corrected chi connectivity index (χ0v) is 13.6. The highest BCUT2D eigenvalue weighted by molar-refractivity contribution is 7.99. The number of Topliss-reactive ketones (excluding diaryl/α,β-unsaturated/α-hetero) is 1. The minimum Gasteiger partial charge on any atom is -0.435 e. The number of thioether (sulfide) groups is 1. The molecule has 3 rings (SSSR count). The minimum absolute atomic E-state index is 0.0295. The van der Waals surface area contributed by atoms with Crippen molar-refractivity contribution in [2.24, 2.45) is 0 Å². The number of aryl methyl sites for hydroxylation is 1. The summed E-state index contributed by atoms with van der Waals surface area (Å²) < 4.78 is 28.5. The first-order valence-electron chi connectivity index (χ1n) is 7.18. The molecule has 0 radical (unpaired) electrons. The number of imidazole rings is 1. The molecule has 4 nitrogen and oxygen atoms in total. The van der Waals surface area contributed by atoms with Gasteiger partial charge in [0, 0.05) is 5.56 Å². The number of nitrogens with one attached hydrogen (secondary N) is 1. The fourth-order valence-electron chi connectivity index (χ4n) is 2.21. The van der Waals surface area contributed by atoms with E-state index in [1.165, 1.54) is 36.0 Å². The Kier molecular flexibility index (Phi) is 4.80. The van der Waals surface area contributed by atoms with Crippen LogP contribution in [-0.4, -0.2) is 28.1 Å². The Balaban J connectivity index is 1.63. The van der Waals surface area contributed by atoms with Crippen molar-refractivity contribution in [3.8, 4) is 5.75 Å². The molecule has 0 amide bonds. The van der Waals surface area contributed by atoms with Gasteiger partial charge in [-0.3, -0.25) is 4.79 Å². The van der Waals surface area contributed by atoms with E-state index in [4.69, 9.17) is 0 Å². The molecule has 0 spiro atoms. The lowest BCUT2D eigenvalue weighted by Gasteiger charge is -2.05. The number of aromatic nitrogens is 2. The molecule has 3 aromatic rings. The number of hydrogen-bond acceptors (Lipinski definition) is 4. The van der Waals surface area contributed by atoms with Crippen molar-refractivity contribution in [3.63, 3.8) is 0 Å². The summed E-state index contributed by atoms with van der Waals surface area (Å²) in [5, 5.41) is 0.668. The average Bonchev–Trinajstić information content (AvgIpc) is 2.94. The van der Waals surface area contributed by atoms with E-state index >= 15 is 0 Å². The number of ketones is 1. The lowest BCUT2D eigenvalue weighted by molar-refractivity contribution is -0.0498.